The number of carboxylic acid groups (broad SMARTS) is 1. The molecule has 17 nitrogen and oxygen atoms in total. The number of nitrogens with one attached hydrogen (secondary N) is 4. The second-order valence-electron chi connectivity index (χ2n) is 19.2. The van der Waals surface area contributed by atoms with Gasteiger partial charge in [0.05, 0.1) is 30.6 Å². The summed E-state index contributed by atoms with van der Waals surface area (Å²) < 4.78 is 39.7. The molecule has 6 atom stereocenters. The van der Waals surface area contributed by atoms with Crippen molar-refractivity contribution in [3.05, 3.63) is 29.6 Å². The number of hydrogen-bond donors (Lipinski definition) is 5. The summed E-state index contributed by atoms with van der Waals surface area (Å²) in [5.41, 5.74) is -0.180. The van der Waals surface area contributed by atoms with Gasteiger partial charge in [0.2, 0.25) is 21.8 Å². The molecule has 4 fully saturated rings. The van der Waals surface area contributed by atoms with Gasteiger partial charge in [-0.15, -0.1) is 11.3 Å². The highest BCUT2D eigenvalue weighted by atomic mass is 32.2. The van der Waals surface area contributed by atoms with Crippen LogP contribution in [0, 0.1) is 11.3 Å². The third-order valence-corrected chi connectivity index (χ3v) is 15.7. The van der Waals surface area contributed by atoms with E-state index in [1.54, 1.807) is 25.3 Å². The first-order valence-corrected chi connectivity index (χ1v) is 25.1. The number of urea groups is 1. The first kappa shape index (κ1) is 47.2. The fourth-order valence-corrected chi connectivity index (χ4v) is 11.6. The molecule has 0 spiro atoms. The number of thiazole rings is 1. The number of carbonyl (C=O) groups is 4. The second kappa shape index (κ2) is 19.4. The monoisotopic (exact) mass is 924 g/mol. The highest BCUT2D eigenvalue weighted by Crippen LogP contribution is 2.48. The Kier molecular flexibility index (Phi) is 14.3. The topological polar surface area (TPSA) is 221 Å². The predicted molar refractivity (Wildman–Crippen MR) is 245 cm³/mol. The Morgan fingerprint density at radius 3 is 2.48 bits per heavy atom. The molecule has 4 aliphatic rings. The third kappa shape index (κ3) is 10.8. The maximum absolute atomic E-state index is 14.9. The Hall–Kier alpha value is -4.75. The largest absolute Gasteiger partial charge is 0.497 e. The number of anilines is 1. The van der Waals surface area contributed by atoms with Crippen LogP contribution in [-0.2, 0) is 24.4 Å². The molecule has 350 valence electrons. The zero-order chi connectivity index (χ0) is 46.0. The summed E-state index contributed by atoms with van der Waals surface area (Å²) in [6.45, 7) is 10.3. The summed E-state index contributed by atoms with van der Waals surface area (Å²) in [7, 11) is -1.90. The fourth-order valence-electron chi connectivity index (χ4n) is 9.11. The van der Waals surface area contributed by atoms with Crippen LogP contribution in [0.15, 0.2) is 29.6 Å². The molecule has 19 heteroatoms. The Balaban J connectivity index is 1.19. The van der Waals surface area contributed by atoms with Crippen LogP contribution in [0.25, 0.3) is 22.3 Å². The molecule has 5 heterocycles. The zero-order valence-electron chi connectivity index (χ0n) is 37.8. The van der Waals surface area contributed by atoms with Gasteiger partial charge < -0.3 is 40.7 Å². The third-order valence-electron chi connectivity index (χ3n) is 13.0. The number of pyridine rings is 1. The van der Waals surface area contributed by atoms with Crippen LogP contribution in [0.4, 0.5) is 9.93 Å². The van der Waals surface area contributed by atoms with Gasteiger partial charge in [0.25, 0.3) is 0 Å². The quantitative estimate of drug-likeness (QED) is 0.155. The molecule has 3 saturated heterocycles. The van der Waals surface area contributed by atoms with Crippen molar-refractivity contribution in [2.24, 2.45) is 11.3 Å². The molecule has 3 aromatic rings. The second-order valence-corrected chi connectivity index (χ2v) is 22.1. The molecule has 1 aromatic carbocycles. The van der Waals surface area contributed by atoms with Crippen LogP contribution in [-0.4, -0.2) is 125 Å². The van der Waals surface area contributed by atoms with Crippen molar-refractivity contribution in [2.45, 2.75) is 141 Å². The maximum Gasteiger partial charge on any atom is 0.329 e. The molecule has 7 rings (SSSR count). The van der Waals surface area contributed by atoms with E-state index in [9.17, 15) is 32.7 Å². The van der Waals surface area contributed by atoms with E-state index >= 15 is 0 Å². The number of nitrogens with zero attached hydrogens (tertiary/aromatic N) is 4. The molecule has 5 N–H and O–H groups in total. The number of hydrogen-bond acceptors (Lipinski definition) is 12. The van der Waals surface area contributed by atoms with Gasteiger partial charge in [0.15, 0.2) is 5.13 Å². The molecule has 0 bridgehead atoms. The first-order chi connectivity index (χ1) is 30.4. The number of carbonyl (C=O) groups excluding carboxylic acids is 3. The maximum atomic E-state index is 14.9. The number of aromatic nitrogens is 2. The SMILES string of the molecule is COc1ccc2c(O[C@@H]3C[C@H]4C(=O)N[C@]5(C(=O)O)C[C@@H]5CCCCCCC[C@H](NC(=O)NC(CN5CCCCS5(=O)=O)C(C)(C)C)C(=O)N4C3)cc(-c3csc(NC(C)C)n3)nc2c1. The number of carboxylic acids is 1. The fraction of sp³-hybridized carbons (Fsp3) is 0.644. The van der Waals surface area contributed by atoms with Gasteiger partial charge in [-0.05, 0) is 69.4 Å². The minimum absolute atomic E-state index is 0.0217. The number of ether oxygens (including phenoxy) is 2. The summed E-state index contributed by atoms with van der Waals surface area (Å²) in [6.07, 6.45) is 5.93. The molecule has 2 aromatic heterocycles. The van der Waals surface area contributed by atoms with Crippen molar-refractivity contribution in [1.82, 2.24) is 35.1 Å². The zero-order valence-corrected chi connectivity index (χ0v) is 39.4. The summed E-state index contributed by atoms with van der Waals surface area (Å²) in [5.74, 6) is -1.28. The van der Waals surface area contributed by atoms with Crippen LogP contribution in [0.2, 0.25) is 0 Å². The van der Waals surface area contributed by atoms with Gasteiger partial charge in [0.1, 0.15) is 40.9 Å². The molecule has 1 aliphatic carbocycles. The molecular weight excluding hydrogens is 861 g/mol. The Morgan fingerprint density at radius 1 is 1.03 bits per heavy atom. The van der Waals surface area contributed by atoms with Gasteiger partial charge in [-0.25, -0.2) is 28.0 Å². The molecule has 3 aliphatic heterocycles. The van der Waals surface area contributed by atoms with E-state index in [0.29, 0.717) is 72.4 Å². The normalized spacial score (nSPS) is 26.1. The van der Waals surface area contributed by atoms with E-state index in [0.717, 1.165) is 37.2 Å². The van der Waals surface area contributed by atoms with Crippen molar-refractivity contribution >= 4 is 61.2 Å². The minimum atomic E-state index is -3.47. The first-order valence-electron chi connectivity index (χ1n) is 22.7. The standard InChI is InChI=1S/C45H64N8O9S2/c1-27(2)46-43-49-35(26-63-43)34-22-37(31-17-16-29(61-6)20-33(31)47-34)62-30-21-36-39(54)51-45(41(56)57)23-28(45)14-10-8-7-9-11-15-32(40(55)53(36)24-30)48-42(58)50-38(44(3,4)5)25-52-18-12-13-19-64(52,59)60/h16-17,20,22,26-28,30,32,36,38H,7-15,18-19,21,23-25H2,1-6H3,(H,46,49)(H,51,54)(H,56,57)(H2,48,50,58)/t28-,30+,32-,36-,38?,45+/m0/s1. The molecule has 0 radical (unpaired) electrons. The van der Waals surface area contributed by atoms with Crippen LogP contribution in [0.5, 0.6) is 11.5 Å². The van der Waals surface area contributed by atoms with Crippen LogP contribution >= 0.6 is 11.3 Å². The number of rotatable bonds is 11. The summed E-state index contributed by atoms with van der Waals surface area (Å²) in [5, 5.41) is 25.8. The van der Waals surface area contributed by atoms with E-state index < -0.39 is 69.0 Å². The van der Waals surface area contributed by atoms with Crippen molar-refractivity contribution in [2.75, 3.05) is 37.8 Å². The lowest BCUT2D eigenvalue weighted by Gasteiger charge is -2.37. The van der Waals surface area contributed by atoms with Crippen molar-refractivity contribution in [1.29, 1.82) is 0 Å². The molecule has 1 unspecified atom stereocenters. The van der Waals surface area contributed by atoms with Gasteiger partial charge >= 0.3 is 12.0 Å². The Bertz CT molecular complexity index is 2320. The molecule has 1 saturated carbocycles. The number of fused-ring (bicyclic) bond motifs is 3. The summed E-state index contributed by atoms with van der Waals surface area (Å²) in [4.78, 5) is 67.2. The van der Waals surface area contributed by atoms with E-state index in [1.807, 2.05) is 46.1 Å². The molecule has 64 heavy (non-hydrogen) atoms. The number of benzene rings is 1. The lowest BCUT2D eigenvalue weighted by atomic mass is 9.86. The lowest BCUT2D eigenvalue weighted by Crippen LogP contribution is -2.59. The van der Waals surface area contributed by atoms with Crippen molar-refractivity contribution in [3.63, 3.8) is 0 Å². The van der Waals surface area contributed by atoms with Gasteiger partial charge in [0, 0.05) is 54.5 Å². The van der Waals surface area contributed by atoms with E-state index in [1.165, 1.54) is 20.5 Å². The number of methoxy groups -OCH3 is 1. The minimum Gasteiger partial charge on any atom is -0.497 e. The van der Waals surface area contributed by atoms with E-state index in [2.05, 4.69) is 21.3 Å². The van der Waals surface area contributed by atoms with Crippen molar-refractivity contribution in [3.8, 4) is 22.9 Å². The number of amides is 4. The summed E-state index contributed by atoms with van der Waals surface area (Å²) in [6, 6.07) is 4.06. The predicted octanol–water partition coefficient (Wildman–Crippen LogP) is 5.75. The van der Waals surface area contributed by atoms with E-state index in [-0.39, 0.29) is 37.2 Å². The average molecular weight is 925 g/mol. The summed E-state index contributed by atoms with van der Waals surface area (Å²) >= 11 is 1.45. The smallest absolute Gasteiger partial charge is 0.329 e. The Labute approximate surface area is 379 Å². The van der Waals surface area contributed by atoms with Crippen LogP contribution in [0.3, 0.4) is 0 Å². The van der Waals surface area contributed by atoms with Crippen molar-refractivity contribution < 1.29 is 42.2 Å². The van der Waals surface area contributed by atoms with Gasteiger partial charge in [-0.1, -0.05) is 52.9 Å². The lowest BCUT2D eigenvalue weighted by molar-refractivity contribution is -0.145. The van der Waals surface area contributed by atoms with Crippen LogP contribution < -0.4 is 30.7 Å². The van der Waals surface area contributed by atoms with E-state index in [4.69, 9.17) is 19.4 Å². The number of aliphatic carboxylic acids is 1. The number of sulfonamides is 1. The Morgan fingerprint density at radius 2 is 1.78 bits per heavy atom. The highest BCUT2D eigenvalue weighted by molar-refractivity contribution is 7.89. The average Bonchev–Trinajstić information content (AvgIpc) is 3.49. The van der Waals surface area contributed by atoms with Gasteiger partial charge in [-0.3, -0.25) is 9.59 Å². The molecular formula is C45H64N8O9S2. The molecule has 4 amide bonds. The van der Waals surface area contributed by atoms with Gasteiger partial charge in [-0.2, -0.15) is 4.31 Å². The highest BCUT2D eigenvalue weighted by Gasteiger charge is 2.62. The van der Waals surface area contributed by atoms with Crippen LogP contribution in [0.1, 0.15) is 105 Å².